The predicted molar refractivity (Wildman–Crippen MR) is 45.2 cm³/mol. The quantitative estimate of drug-likeness (QED) is 0.634. The van der Waals surface area contributed by atoms with E-state index in [2.05, 4.69) is 4.98 Å². The maximum Gasteiger partial charge on any atom is 0.354 e. The van der Waals surface area contributed by atoms with Crippen LogP contribution in [0.1, 0.15) is 16.3 Å². The molecular formula is C8H9N3O2. The zero-order chi connectivity index (χ0) is 9.42. The van der Waals surface area contributed by atoms with E-state index in [1.807, 2.05) is 6.08 Å². The van der Waals surface area contributed by atoms with Gasteiger partial charge in [-0.2, -0.15) is 0 Å². The van der Waals surface area contributed by atoms with E-state index in [1.165, 1.54) is 6.20 Å². The number of aromatic nitrogens is 2. The third-order valence-corrected chi connectivity index (χ3v) is 2.04. The first-order chi connectivity index (χ1) is 6.18. The molecule has 0 unspecified atom stereocenters. The molecule has 2 rings (SSSR count). The van der Waals surface area contributed by atoms with Gasteiger partial charge in [0.2, 0.25) is 0 Å². The minimum Gasteiger partial charge on any atom is -0.477 e. The van der Waals surface area contributed by atoms with Crippen LogP contribution in [-0.2, 0) is 13.0 Å². The molecule has 68 valence electrons. The molecule has 5 nitrogen and oxygen atoms in total. The van der Waals surface area contributed by atoms with Gasteiger partial charge in [-0.3, -0.25) is 0 Å². The Balaban J connectivity index is 2.45. The molecule has 0 saturated heterocycles. The third kappa shape index (κ3) is 1.18. The standard InChI is InChI=1S/C8H9N3O2/c9-5-1-2-7-10-3-6(8(12)13)11(7)4-5/h1,3H,2,4,9H2,(H,12,13). The summed E-state index contributed by atoms with van der Waals surface area (Å²) in [6.45, 7) is 0.428. The van der Waals surface area contributed by atoms with Gasteiger partial charge in [0.15, 0.2) is 0 Å². The van der Waals surface area contributed by atoms with Crippen LogP contribution in [0.2, 0.25) is 0 Å². The number of imidazole rings is 1. The largest absolute Gasteiger partial charge is 0.477 e. The normalized spacial score (nSPS) is 14.9. The van der Waals surface area contributed by atoms with Gasteiger partial charge in [-0.05, 0) is 0 Å². The van der Waals surface area contributed by atoms with Crippen molar-refractivity contribution in [3.63, 3.8) is 0 Å². The number of aromatic carboxylic acids is 1. The van der Waals surface area contributed by atoms with E-state index in [0.717, 1.165) is 5.82 Å². The van der Waals surface area contributed by atoms with Gasteiger partial charge in [0.05, 0.1) is 12.7 Å². The first kappa shape index (κ1) is 7.85. The van der Waals surface area contributed by atoms with Crippen LogP contribution < -0.4 is 5.73 Å². The molecule has 0 radical (unpaired) electrons. The fraction of sp³-hybridized carbons (Fsp3) is 0.250. The van der Waals surface area contributed by atoms with Crippen LogP contribution in [0.3, 0.4) is 0 Å². The number of carboxylic acids is 1. The van der Waals surface area contributed by atoms with Crippen LogP contribution >= 0.6 is 0 Å². The SMILES string of the molecule is NC1=CCc2ncc(C(=O)O)n2C1. The summed E-state index contributed by atoms with van der Waals surface area (Å²) in [5.74, 6) is -0.208. The lowest BCUT2D eigenvalue weighted by Crippen LogP contribution is -2.19. The van der Waals surface area contributed by atoms with Crippen LogP contribution in [0, 0.1) is 0 Å². The fourth-order valence-electron chi connectivity index (χ4n) is 1.39. The van der Waals surface area contributed by atoms with E-state index in [1.54, 1.807) is 4.57 Å². The van der Waals surface area contributed by atoms with E-state index in [4.69, 9.17) is 10.8 Å². The highest BCUT2D eigenvalue weighted by atomic mass is 16.4. The molecule has 5 heteroatoms. The zero-order valence-corrected chi connectivity index (χ0v) is 6.90. The van der Waals surface area contributed by atoms with Crippen molar-refractivity contribution in [2.24, 2.45) is 5.73 Å². The Morgan fingerprint density at radius 2 is 2.46 bits per heavy atom. The van der Waals surface area contributed by atoms with E-state index < -0.39 is 5.97 Å². The second-order valence-corrected chi connectivity index (χ2v) is 2.93. The third-order valence-electron chi connectivity index (χ3n) is 2.04. The van der Waals surface area contributed by atoms with Crippen molar-refractivity contribution in [1.29, 1.82) is 0 Å². The lowest BCUT2D eigenvalue weighted by Gasteiger charge is -2.13. The molecular weight excluding hydrogens is 170 g/mol. The monoisotopic (exact) mass is 179 g/mol. The highest BCUT2D eigenvalue weighted by molar-refractivity contribution is 5.85. The topological polar surface area (TPSA) is 81.1 Å². The number of hydrogen-bond acceptors (Lipinski definition) is 3. The minimum atomic E-state index is -0.964. The van der Waals surface area contributed by atoms with Crippen LogP contribution in [-0.4, -0.2) is 20.6 Å². The van der Waals surface area contributed by atoms with E-state index in [-0.39, 0.29) is 5.69 Å². The smallest absolute Gasteiger partial charge is 0.354 e. The Morgan fingerprint density at radius 3 is 3.15 bits per heavy atom. The molecule has 1 aliphatic heterocycles. The Bertz CT molecular complexity index is 392. The molecule has 0 spiro atoms. The van der Waals surface area contributed by atoms with Gasteiger partial charge < -0.3 is 15.4 Å². The van der Waals surface area contributed by atoms with E-state index in [0.29, 0.717) is 18.7 Å². The Labute approximate surface area is 74.5 Å². The minimum absolute atomic E-state index is 0.200. The van der Waals surface area contributed by atoms with Crippen molar-refractivity contribution < 1.29 is 9.90 Å². The average molecular weight is 179 g/mol. The lowest BCUT2D eigenvalue weighted by atomic mass is 10.2. The lowest BCUT2D eigenvalue weighted by molar-refractivity contribution is 0.0685. The first-order valence-corrected chi connectivity index (χ1v) is 3.90. The molecule has 1 aromatic rings. The van der Waals surface area contributed by atoms with Crippen molar-refractivity contribution in [1.82, 2.24) is 9.55 Å². The maximum atomic E-state index is 10.7. The first-order valence-electron chi connectivity index (χ1n) is 3.90. The summed E-state index contributed by atoms with van der Waals surface area (Å²) in [5.41, 5.74) is 6.49. The van der Waals surface area contributed by atoms with Crippen LogP contribution in [0.25, 0.3) is 0 Å². The van der Waals surface area contributed by atoms with Gasteiger partial charge in [-0.1, -0.05) is 6.08 Å². The van der Waals surface area contributed by atoms with Crippen molar-refractivity contribution in [2.75, 3.05) is 0 Å². The summed E-state index contributed by atoms with van der Waals surface area (Å²) < 4.78 is 1.62. The number of allylic oxidation sites excluding steroid dienone is 2. The van der Waals surface area contributed by atoms with Crippen molar-refractivity contribution >= 4 is 5.97 Å². The summed E-state index contributed by atoms with van der Waals surface area (Å²) in [7, 11) is 0. The average Bonchev–Trinajstić information content (AvgIpc) is 2.46. The molecule has 0 bridgehead atoms. The number of rotatable bonds is 1. The second-order valence-electron chi connectivity index (χ2n) is 2.93. The molecule has 3 N–H and O–H groups in total. The maximum absolute atomic E-state index is 10.7. The molecule has 1 aliphatic rings. The molecule has 0 atom stereocenters. The predicted octanol–water partition coefficient (Wildman–Crippen LogP) is -0.0200. The number of hydrogen-bond donors (Lipinski definition) is 2. The fourth-order valence-corrected chi connectivity index (χ4v) is 1.39. The molecule has 1 aromatic heterocycles. The number of carboxylic acid groups (broad SMARTS) is 1. The number of nitrogens with zero attached hydrogens (tertiary/aromatic N) is 2. The van der Waals surface area contributed by atoms with E-state index >= 15 is 0 Å². The Morgan fingerprint density at radius 1 is 1.69 bits per heavy atom. The van der Waals surface area contributed by atoms with E-state index in [9.17, 15) is 4.79 Å². The van der Waals surface area contributed by atoms with Gasteiger partial charge in [-0.25, -0.2) is 9.78 Å². The molecule has 13 heavy (non-hydrogen) atoms. The Hall–Kier alpha value is -1.78. The summed E-state index contributed by atoms with van der Waals surface area (Å²) in [4.78, 5) is 14.7. The van der Waals surface area contributed by atoms with Gasteiger partial charge in [0.1, 0.15) is 11.5 Å². The summed E-state index contributed by atoms with van der Waals surface area (Å²) in [6.07, 6.45) is 3.83. The number of fused-ring (bicyclic) bond motifs is 1. The van der Waals surface area contributed by atoms with Crippen LogP contribution in [0.5, 0.6) is 0 Å². The summed E-state index contributed by atoms with van der Waals surface area (Å²) in [5, 5.41) is 8.79. The summed E-state index contributed by atoms with van der Waals surface area (Å²) in [6, 6.07) is 0. The molecule has 0 saturated carbocycles. The van der Waals surface area contributed by atoms with Gasteiger partial charge in [0, 0.05) is 12.1 Å². The molecule has 0 aromatic carbocycles. The molecule has 0 fully saturated rings. The second kappa shape index (κ2) is 2.62. The highest BCUT2D eigenvalue weighted by Crippen LogP contribution is 2.13. The molecule has 0 aliphatic carbocycles. The van der Waals surface area contributed by atoms with Gasteiger partial charge in [0.25, 0.3) is 0 Å². The van der Waals surface area contributed by atoms with Crippen molar-refractivity contribution in [3.8, 4) is 0 Å². The number of nitrogens with two attached hydrogens (primary N) is 1. The number of carbonyl (C=O) groups is 1. The van der Waals surface area contributed by atoms with Crippen molar-refractivity contribution in [2.45, 2.75) is 13.0 Å². The molecule has 0 amide bonds. The zero-order valence-electron chi connectivity index (χ0n) is 6.90. The van der Waals surface area contributed by atoms with Crippen LogP contribution in [0.15, 0.2) is 18.0 Å². The van der Waals surface area contributed by atoms with Crippen LogP contribution in [0.4, 0.5) is 0 Å². The highest BCUT2D eigenvalue weighted by Gasteiger charge is 2.17. The molecule has 2 heterocycles. The van der Waals surface area contributed by atoms with Crippen molar-refractivity contribution in [3.05, 3.63) is 29.5 Å². The van der Waals surface area contributed by atoms with Gasteiger partial charge >= 0.3 is 5.97 Å². The van der Waals surface area contributed by atoms with Gasteiger partial charge in [-0.15, -0.1) is 0 Å². The summed E-state index contributed by atoms with van der Waals surface area (Å²) >= 11 is 0. The Kier molecular flexibility index (Phi) is 1.58.